The molecule has 0 aromatic heterocycles. The lowest BCUT2D eigenvalue weighted by Crippen LogP contribution is -2.14. The summed E-state index contributed by atoms with van der Waals surface area (Å²) in [6.07, 6.45) is 2.49. The topological polar surface area (TPSA) is 35.2 Å². The van der Waals surface area contributed by atoms with Crippen LogP contribution in [0.1, 0.15) is 24.4 Å². The van der Waals surface area contributed by atoms with E-state index in [9.17, 15) is 0 Å². The van der Waals surface area contributed by atoms with Gasteiger partial charge in [0.05, 0.1) is 7.11 Å². The minimum absolute atomic E-state index is 0.107. The molecule has 0 spiro atoms. The number of hydrogen-bond donors (Lipinski definition) is 1. The lowest BCUT2D eigenvalue weighted by molar-refractivity contribution is 0.404. The van der Waals surface area contributed by atoms with E-state index in [0.717, 1.165) is 5.75 Å². The average Bonchev–Trinajstić information content (AvgIpc) is 3.20. The van der Waals surface area contributed by atoms with Crippen LogP contribution in [0, 0.1) is 5.92 Å². The van der Waals surface area contributed by atoms with Crippen molar-refractivity contribution in [3.63, 3.8) is 0 Å². The monoisotopic (exact) mass is 227 g/mol. The van der Waals surface area contributed by atoms with E-state index in [1.807, 2.05) is 6.07 Å². The summed E-state index contributed by atoms with van der Waals surface area (Å²) < 4.78 is 5.47. The number of fused-ring (bicyclic) bond motifs is 1. The molecule has 0 radical (unpaired) electrons. The Labute approximate surface area is 101 Å². The maximum atomic E-state index is 6.36. The van der Waals surface area contributed by atoms with E-state index >= 15 is 0 Å². The zero-order valence-corrected chi connectivity index (χ0v) is 10.0. The van der Waals surface area contributed by atoms with Crippen molar-refractivity contribution in [3.8, 4) is 5.75 Å². The van der Waals surface area contributed by atoms with Crippen molar-refractivity contribution in [1.82, 2.24) is 0 Å². The molecular weight excluding hydrogens is 210 g/mol. The molecule has 1 aliphatic rings. The van der Waals surface area contributed by atoms with Gasteiger partial charge in [0, 0.05) is 11.6 Å². The second-order valence-corrected chi connectivity index (χ2v) is 4.77. The number of ether oxygens (including phenoxy) is 1. The quantitative estimate of drug-likeness (QED) is 0.873. The molecule has 0 heterocycles. The second kappa shape index (κ2) is 4.04. The molecule has 0 unspecified atom stereocenters. The first-order valence-electron chi connectivity index (χ1n) is 6.12. The zero-order chi connectivity index (χ0) is 11.8. The summed E-state index contributed by atoms with van der Waals surface area (Å²) in [7, 11) is 1.72. The number of methoxy groups -OCH3 is 1. The highest BCUT2D eigenvalue weighted by molar-refractivity contribution is 5.88. The number of rotatable bonds is 3. The molecule has 3 rings (SSSR count). The van der Waals surface area contributed by atoms with Crippen molar-refractivity contribution in [2.75, 3.05) is 7.11 Å². The molecule has 1 aliphatic carbocycles. The lowest BCUT2D eigenvalue weighted by atomic mass is 9.95. The fraction of sp³-hybridized carbons (Fsp3) is 0.333. The van der Waals surface area contributed by atoms with Crippen LogP contribution in [0.3, 0.4) is 0 Å². The molecule has 2 aromatic carbocycles. The molecule has 1 fully saturated rings. The van der Waals surface area contributed by atoms with Crippen LogP contribution < -0.4 is 10.5 Å². The van der Waals surface area contributed by atoms with Gasteiger partial charge in [-0.25, -0.2) is 0 Å². The van der Waals surface area contributed by atoms with Crippen LogP contribution in [0.25, 0.3) is 10.8 Å². The Bertz CT molecular complexity index is 546. The van der Waals surface area contributed by atoms with Gasteiger partial charge in [-0.15, -0.1) is 0 Å². The number of hydrogen-bond acceptors (Lipinski definition) is 2. The van der Waals surface area contributed by atoms with E-state index in [1.165, 1.54) is 29.2 Å². The van der Waals surface area contributed by atoms with Gasteiger partial charge in [-0.3, -0.25) is 0 Å². The first-order chi connectivity index (χ1) is 8.31. The van der Waals surface area contributed by atoms with E-state index < -0.39 is 0 Å². The molecule has 0 amide bonds. The lowest BCUT2D eigenvalue weighted by Gasteiger charge is -2.17. The van der Waals surface area contributed by atoms with Crippen molar-refractivity contribution >= 4 is 10.8 Å². The van der Waals surface area contributed by atoms with Gasteiger partial charge < -0.3 is 10.5 Å². The predicted molar refractivity (Wildman–Crippen MR) is 70.2 cm³/mol. The average molecular weight is 227 g/mol. The van der Waals surface area contributed by atoms with Crippen LogP contribution in [0.15, 0.2) is 36.4 Å². The normalized spacial score (nSPS) is 17.1. The molecule has 2 N–H and O–H groups in total. The Balaban J connectivity index is 2.22. The molecule has 1 saturated carbocycles. The summed E-state index contributed by atoms with van der Waals surface area (Å²) in [6, 6.07) is 12.6. The first-order valence-corrected chi connectivity index (χ1v) is 6.12. The van der Waals surface area contributed by atoms with Crippen molar-refractivity contribution in [2.24, 2.45) is 11.7 Å². The highest BCUT2D eigenvalue weighted by Crippen LogP contribution is 2.44. The highest BCUT2D eigenvalue weighted by atomic mass is 16.5. The molecule has 1 atom stereocenters. The van der Waals surface area contributed by atoms with Gasteiger partial charge in [-0.1, -0.05) is 30.3 Å². The second-order valence-electron chi connectivity index (χ2n) is 4.77. The Kier molecular flexibility index (Phi) is 2.52. The molecule has 2 aromatic rings. The summed E-state index contributed by atoms with van der Waals surface area (Å²) in [5, 5.41) is 2.46. The van der Waals surface area contributed by atoms with E-state index in [0.29, 0.717) is 5.92 Å². The van der Waals surface area contributed by atoms with Gasteiger partial charge in [-0.2, -0.15) is 0 Å². The van der Waals surface area contributed by atoms with E-state index in [1.54, 1.807) is 7.11 Å². The third kappa shape index (κ3) is 1.79. The molecule has 0 aliphatic heterocycles. The summed E-state index contributed by atoms with van der Waals surface area (Å²) >= 11 is 0. The van der Waals surface area contributed by atoms with Crippen molar-refractivity contribution in [3.05, 3.63) is 42.0 Å². The van der Waals surface area contributed by atoms with E-state index in [-0.39, 0.29) is 6.04 Å². The van der Waals surface area contributed by atoms with E-state index in [2.05, 4.69) is 30.3 Å². The largest absolute Gasteiger partial charge is 0.496 e. The number of nitrogens with two attached hydrogens (primary N) is 1. The van der Waals surface area contributed by atoms with Crippen LogP contribution >= 0.6 is 0 Å². The van der Waals surface area contributed by atoms with Gasteiger partial charge in [0.25, 0.3) is 0 Å². The Morgan fingerprint density at radius 1 is 1.18 bits per heavy atom. The molecule has 17 heavy (non-hydrogen) atoms. The molecule has 2 heteroatoms. The van der Waals surface area contributed by atoms with Gasteiger partial charge in [0.2, 0.25) is 0 Å². The molecule has 88 valence electrons. The summed E-state index contributed by atoms with van der Waals surface area (Å²) in [6.45, 7) is 0. The van der Waals surface area contributed by atoms with Gasteiger partial charge >= 0.3 is 0 Å². The van der Waals surface area contributed by atoms with Crippen LogP contribution in [-0.2, 0) is 0 Å². The SMILES string of the molecule is COc1ccc2ccccc2c1[C@@H](N)C1CC1. The third-order valence-corrected chi connectivity index (χ3v) is 3.61. The minimum Gasteiger partial charge on any atom is -0.496 e. The van der Waals surface area contributed by atoms with Crippen LogP contribution in [0.2, 0.25) is 0 Å². The van der Waals surface area contributed by atoms with Crippen LogP contribution in [0.4, 0.5) is 0 Å². The van der Waals surface area contributed by atoms with Gasteiger partial charge in [0.1, 0.15) is 5.75 Å². The van der Waals surface area contributed by atoms with Gasteiger partial charge in [-0.05, 0) is 35.6 Å². The minimum atomic E-state index is 0.107. The molecule has 2 nitrogen and oxygen atoms in total. The Morgan fingerprint density at radius 2 is 1.94 bits per heavy atom. The Morgan fingerprint density at radius 3 is 2.65 bits per heavy atom. The fourth-order valence-electron chi connectivity index (χ4n) is 2.49. The van der Waals surface area contributed by atoms with Crippen LogP contribution in [0.5, 0.6) is 5.75 Å². The summed E-state index contributed by atoms with van der Waals surface area (Å²) in [5.74, 6) is 1.55. The zero-order valence-electron chi connectivity index (χ0n) is 10.0. The molecular formula is C15H17NO. The third-order valence-electron chi connectivity index (χ3n) is 3.61. The molecule has 0 bridgehead atoms. The standard InChI is InChI=1S/C15H17NO/c1-17-13-9-8-10-4-2-3-5-12(10)14(13)15(16)11-6-7-11/h2-5,8-9,11,15H,6-7,16H2,1H3/t15-/m0/s1. The van der Waals surface area contributed by atoms with E-state index in [4.69, 9.17) is 10.5 Å². The molecule has 0 saturated heterocycles. The maximum Gasteiger partial charge on any atom is 0.124 e. The predicted octanol–water partition coefficient (Wildman–Crippen LogP) is 3.26. The maximum absolute atomic E-state index is 6.36. The highest BCUT2D eigenvalue weighted by Gasteiger charge is 2.32. The van der Waals surface area contributed by atoms with Crippen molar-refractivity contribution < 1.29 is 4.74 Å². The summed E-state index contributed by atoms with van der Waals surface area (Å²) in [5.41, 5.74) is 7.54. The smallest absolute Gasteiger partial charge is 0.124 e. The van der Waals surface area contributed by atoms with Crippen molar-refractivity contribution in [1.29, 1.82) is 0 Å². The van der Waals surface area contributed by atoms with Crippen molar-refractivity contribution in [2.45, 2.75) is 18.9 Å². The Hall–Kier alpha value is -1.54. The summed E-state index contributed by atoms with van der Waals surface area (Å²) in [4.78, 5) is 0. The number of benzene rings is 2. The van der Waals surface area contributed by atoms with Crippen LogP contribution in [-0.4, -0.2) is 7.11 Å². The fourth-order valence-corrected chi connectivity index (χ4v) is 2.49. The first kappa shape index (κ1) is 10.6. The van der Waals surface area contributed by atoms with Gasteiger partial charge in [0.15, 0.2) is 0 Å².